The molecule has 0 aliphatic heterocycles. The van der Waals surface area contributed by atoms with E-state index in [-0.39, 0.29) is 5.92 Å². The molecule has 0 amide bonds. The summed E-state index contributed by atoms with van der Waals surface area (Å²) in [5.74, 6) is -0.815. The van der Waals surface area contributed by atoms with Gasteiger partial charge in [-0.25, -0.2) is 4.79 Å². The first-order valence-electron chi connectivity index (χ1n) is 6.47. The molecule has 1 aromatic rings. The summed E-state index contributed by atoms with van der Waals surface area (Å²) >= 11 is 12.3. The molecule has 4 heteroatoms. The Hall–Kier alpha value is -0.990. The molecule has 1 aromatic carbocycles. The maximum absolute atomic E-state index is 11.0. The zero-order chi connectivity index (χ0) is 13.8. The highest BCUT2D eigenvalue weighted by Gasteiger charge is 2.23. The third-order valence-electron chi connectivity index (χ3n) is 3.57. The highest BCUT2D eigenvalue weighted by atomic mass is 35.5. The lowest BCUT2D eigenvalue weighted by molar-refractivity contribution is -0.131. The van der Waals surface area contributed by atoms with E-state index in [2.05, 4.69) is 0 Å². The Labute approximate surface area is 123 Å². The SMILES string of the molecule is O=C(O)/C=C1\CCCCCC1c1cccc(Cl)c1Cl. The van der Waals surface area contributed by atoms with E-state index in [1.807, 2.05) is 12.1 Å². The van der Waals surface area contributed by atoms with Crippen molar-refractivity contribution in [3.8, 4) is 0 Å². The Morgan fingerprint density at radius 3 is 2.79 bits per heavy atom. The van der Waals surface area contributed by atoms with E-state index in [1.54, 1.807) is 6.07 Å². The number of hydrogen-bond donors (Lipinski definition) is 1. The van der Waals surface area contributed by atoms with Gasteiger partial charge in [0.25, 0.3) is 0 Å². The predicted octanol–water partition coefficient (Wildman–Crippen LogP) is 5.05. The summed E-state index contributed by atoms with van der Waals surface area (Å²) in [6.07, 6.45) is 6.34. The van der Waals surface area contributed by atoms with Crippen LogP contribution in [0.1, 0.15) is 43.6 Å². The van der Waals surface area contributed by atoms with Crippen LogP contribution in [0.4, 0.5) is 0 Å². The van der Waals surface area contributed by atoms with Crippen LogP contribution >= 0.6 is 23.2 Å². The van der Waals surface area contributed by atoms with Crippen LogP contribution in [0.3, 0.4) is 0 Å². The van der Waals surface area contributed by atoms with Crippen molar-refractivity contribution in [2.45, 2.75) is 38.0 Å². The van der Waals surface area contributed by atoms with Crippen LogP contribution in [-0.4, -0.2) is 11.1 Å². The number of carboxylic acid groups (broad SMARTS) is 1. The van der Waals surface area contributed by atoms with Crippen LogP contribution in [0.15, 0.2) is 29.8 Å². The molecule has 1 saturated carbocycles. The average Bonchev–Trinajstić information content (AvgIpc) is 2.58. The fraction of sp³-hybridized carbons (Fsp3) is 0.400. The molecular weight excluding hydrogens is 283 g/mol. The third kappa shape index (κ3) is 3.52. The van der Waals surface area contributed by atoms with E-state index in [1.165, 1.54) is 6.08 Å². The standard InChI is InChI=1S/C15H16Cl2O2/c16-13-8-4-7-12(15(13)17)11-6-3-1-2-5-10(11)9-14(18)19/h4,7-9,11H,1-3,5-6H2,(H,18,19)/b10-9+. The Kier molecular flexibility index (Phi) is 4.89. The van der Waals surface area contributed by atoms with Crippen molar-refractivity contribution in [3.05, 3.63) is 45.5 Å². The van der Waals surface area contributed by atoms with E-state index in [0.29, 0.717) is 10.0 Å². The molecule has 0 heterocycles. The average molecular weight is 299 g/mol. The zero-order valence-corrected chi connectivity index (χ0v) is 12.0. The molecular formula is C15H16Cl2O2. The summed E-state index contributed by atoms with van der Waals surface area (Å²) in [5, 5.41) is 10.1. The summed E-state index contributed by atoms with van der Waals surface area (Å²) in [6.45, 7) is 0. The maximum atomic E-state index is 11.0. The molecule has 102 valence electrons. The first-order valence-corrected chi connectivity index (χ1v) is 7.22. The lowest BCUT2D eigenvalue weighted by atomic mass is 9.87. The van der Waals surface area contributed by atoms with Gasteiger partial charge in [-0.3, -0.25) is 0 Å². The molecule has 1 atom stereocenters. The number of carbonyl (C=O) groups is 1. The minimum Gasteiger partial charge on any atom is -0.478 e. The fourth-order valence-electron chi connectivity index (χ4n) is 2.69. The molecule has 1 unspecified atom stereocenters. The highest BCUT2D eigenvalue weighted by Crippen LogP contribution is 2.40. The summed E-state index contributed by atoms with van der Waals surface area (Å²) in [6, 6.07) is 5.57. The molecule has 0 radical (unpaired) electrons. The summed E-state index contributed by atoms with van der Waals surface area (Å²) in [4.78, 5) is 11.0. The van der Waals surface area contributed by atoms with Gasteiger partial charge in [0, 0.05) is 12.0 Å². The Morgan fingerprint density at radius 1 is 1.26 bits per heavy atom. The summed E-state index contributed by atoms with van der Waals surface area (Å²) in [5.41, 5.74) is 1.90. The smallest absolute Gasteiger partial charge is 0.328 e. The molecule has 2 nitrogen and oxygen atoms in total. The monoisotopic (exact) mass is 298 g/mol. The Bertz CT molecular complexity index is 509. The van der Waals surface area contributed by atoms with Crippen LogP contribution in [-0.2, 0) is 4.79 Å². The number of rotatable bonds is 2. The van der Waals surface area contributed by atoms with Gasteiger partial charge in [-0.05, 0) is 30.9 Å². The highest BCUT2D eigenvalue weighted by molar-refractivity contribution is 6.42. The van der Waals surface area contributed by atoms with Crippen molar-refractivity contribution < 1.29 is 9.90 Å². The molecule has 0 spiro atoms. The lowest BCUT2D eigenvalue weighted by Crippen LogP contribution is -2.05. The van der Waals surface area contributed by atoms with Crippen LogP contribution in [0.2, 0.25) is 10.0 Å². The number of aliphatic carboxylic acids is 1. The molecule has 0 saturated heterocycles. The Morgan fingerprint density at radius 2 is 2.05 bits per heavy atom. The van der Waals surface area contributed by atoms with Gasteiger partial charge in [-0.1, -0.05) is 53.7 Å². The van der Waals surface area contributed by atoms with Gasteiger partial charge in [0.1, 0.15) is 0 Å². The van der Waals surface area contributed by atoms with E-state index >= 15 is 0 Å². The van der Waals surface area contributed by atoms with Crippen LogP contribution < -0.4 is 0 Å². The second-order valence-corrected chi connectivity index (χ2v) is 5.64. The van der Waals surface area contributed by atoms with E-state index in [9.17, 15) is 4.79 Å². The topological polar surface area (TPSA) is 37.3 Å². The van der Waals surface area contributed by atoms with Crippen molar-refractivity contribution in [3.63, 3.8) is 0 Å². The van der Waals surface area contributed by atoms with E-state index in [4.69, 9.17) is 28.3 Å². The van der Waals surface area contributed by atoms with Gasteiger partial charge < -0.3 is 5.11 Å². The van der Waals surface area contributed by atoms with Crippen molar-refractivity contribution in [1.29, 1.82) is 0 Å². The maximum Gasteiger partial charge on any atom is 0.328 e. The van der Waals surface area contributed by atoms with Gasteiger partial charge in [0.05, 0.1) is 10.0 Å². The van der Waals surface area contributed by atoms with Crippen molar-refractivity contribution >= 4 is 29.2 Å². The van der Waals surface area contributed by atoms with Crippen molar-refractivity contribution in [2.24, 2.45) is 0 Å². The van der Waals surface area contributed by atoms with Gasteiger partial charge in [-0.2, -0.15) is 0 Å². The first kappa shape index (κ1) is 14.4. The van der Waals surface area contributed by atoms with Crippen LogP contribution in [0.5, 0.6) is 0 Å². The second-order valence-electron chi connectivity index (χ2n) is 4.85. The predicted molar refractivity (Wildman–Crippen MR) is 78.0 cm³/mol. The van der Waals surface area contributed by atoms with Crippen LogP contribution in [0.25, 0.3) is 0 Å². The minimum absolute atomic E-state index is 0.0739. The van der Waals surface area contributed by atoms with Crippen molar-refractivity contribution in [1.82, 2.24) is 0 Å². The van der Waals surface area contributed by atoms with Gasteiger partial charge >= 0.3 is 5.97 Å². The number of allylic oxidation sites excluding steroid dienone is 1. The zero-order valence-electron chi connectivity index (χ0n) is 10.5. The van der Waals surface area contributed by atoms with E-state index in [0.717, 1.165) is 43.2 Å². The summed E-state index contributed by atoms with van der Waals surface area (Å²) < 4.78 is 0. The Balaban J connectivity index is 2.42. The molecule has 19 heavy (non-hydrogen) atoms. The van der Waals surface area contributed by atoms with Gasteiger partial charge in [0.2, 0.25) is 0 Å². The van der Waals surface area contributed by atoms with E-state index < -0.39 is 5.97 Å². The first-order chi connectivity index (χ1) is 9.09. The molecule has 1 fully saturated rings. The number of carboxylic acids is 1. The minimum atomic E-state index is -0.889. The number of halogens is 2. The second kappa shape index (κ2) is 6.44. The third-order valence-corrected chi connectivity index (χ3v) is 4.41. The van der Waals surface area contributed by atoms with Crippen molar-refractivity contribution in [2.75, 3.05) is 0 Å². The molecule has 1 aliphatic rings. The quantitative estimate of drug-likeness (QED) is 0.612. The molecule has 1 N–H and O–H groups in total. The van der Waals surface area contributed by atoms with Gasteiger partial charge in [-0.15, -0.1) is 0 Å². The van der Waals surface area contributed by atoms with Crippen LogP contribution in [0, 0.1) is 0 Å². The number of benzene rings is 1. The largest absolute Gasteiger partial charge is 0.478 e. The summed E-state index contributed by atoms with van der Waals surface area (Å²) in [7, 11) is 0. The number of hydrogen-bond acceptors (Lipinski definition) is 1. The molecule has 0 bridgehead atoms. The normalized spacial score (nSPS) is 22.2. The van der Waals surface area contributed by atoms with Gasteiger partial charge in [0.15, 0.2) is 0 Å². The molecule has 1 aliphatic carbocycles. The fourth-order valence-corrected chi connectivity index (χ4v) is 3.13. The lowest BCUT2D eigenvalue weighted by Gasteiger charge is -2.20. The molecule has 0 aromatic heterocycles. The molecule has 2 rings (SSSR count).